The zero-order valence-corrected chi connectivity index (χ0v) is 21.3. The predicted octanol–water partition coefficient (Wildman–Crippen LogP) is 5.75. The third-order valence-corrected chi connectivity index (χ3v) is 6.92. The van der Waals surface area contributed by atoms with E-state index in [1.165, 1.54) is 16.3 Å². The molecule has 6 heteroatoms. The van der Waals surface area contributed by atoms with E-state index in [0.29, 0.717) is 13.1 Å². The van der Waals surface area contributed by atoms with Gasteiger partial charge in [0.1, 0.15) is 13.1 Å². The quantitative estimate of drug-likeness (QED) is 0.305. The van der Waals surface area contributed by atoms with Crippen molar-refractivity contribution in [3.8, 4) is 5.75 Å². The summed E-state index contributed by atoms with van der Waals surface area (Å²) in [5.41, 5.74) is 2.13. The van der Waals surface area contributed by atoms with E-state index in [1.807, 2.05) is 32.0 Å². The molecule has 4 rings (SSSR count). The molecule has 1 saturated heterocycles. The second-order valence-electron chi connectivity index (χ2n) is 8.79. The second-order valence-corrected chi connectivity index (χ2v) is 9.75. The maximum absolute atomic E-state index is 11.2. The Morgan fingerprint density at radius 1 is 1.03 bits per heavy atom. The number of quaternary nitrogens is 1. The van der Waals surface area contributed by atoms with E-state index in [0.717, 1.165) is 36.0 Å². The standard InChI is InChI=1S/C25H32N3O2S.C2H6/c1-25(2,22-10-6-8-19-7-4-5-9-21(19)22)18-27-31-20-11-12-24(30-3)23(17-20)28(29)15-13-26-14-16-28;1-2/h4-12,17,26-27,29H,13-16,18H2,1-3H3;1-2H3/q+1;. The Bertz CT molecular complexity index is 1040. The monoisotopic (exact) mass is 468 g/mol. The van der Waals surface area contributed by atoms with Crippen molar-refractivity contribution >= 4 is 28.4 Å². The Balaban J connectivity index is 0.00000149. The average molecular weight is 469 g/mol. The number of hydrogen-bond acceptors (Lipinski definition) is 5. The molecule has 0 spiro atoms. The van der Waals surface area contributed by atoms with Gasteiger partial charge in [0, 0.05) is 36.0 Å². The van der Waals surface area contributed by atoms with Gasteiger partial charge in [-0.3, -0.25) is 4.72 Å². The molecule has 1 fully saturated rings. The van der Waals surface area contributed by atoms with Gasteiger partial charge in [-0.1, -0.05) is 70.2 Å². The van der Waals surface area contributed by atoms with Gasteiger partial charge in [0.05, 0.1) is 7.11 Å². The summed E-state index contributed by atoms with van der Waals surface area (Å²) >= 11 is 1.60. The van der Waals surface area contributed by atoms with Crippen LogP contribution in [0.4, 0.5) is 5.69 Å². The lowest BCUT2D eigenvalue weighted by atomic mass is 9.82. The van der Waals surface area contributed by atoms with E-state index in [9.17, 15) is 5.21 Å². The minimum atomic E-state index is -0.0912. The van der Waals surface area contributed by atoms with Gasteiger partial charge in [-0.15, -0.1) is 4.65 Å². The molecule has 0 aliphatic carbocycles. The molecule has 0 saturated carbocycles. The molecule has 0 radical (unpaired) electrons. The number of fused-ring (bicyclic) bond motifs is 1. The van der Waals surface area contributed by atoms with Crippen LogP contribution in [0.25, 0.3) is 10.8 Å². The van der Waals surface area contributed by atoms with E-state index >= 15 is 0 Å². The van der Waals surface area contributed by atoms with Crippen molar-refractivity contribution in [2.24, 2.45) is 0 Å². The van der Waals surface area contributed by atoms with E-state index in [4.69, 9.17) is 4.74 Å². The normalized spacial score (nSPS) is 15.6. The van der Waals surface area contributed by atoms with Crippen molar-refractivity contribution in [1.29, 1.82) is 0 Å². The fourth-order valence-electron chi connectivity index (χ4n) is 4.27. The highest BCUT2D eigenvalue weighted by atomic mass is 32.2. The Morgan fingerprint density at radius 2 is 1.73 bits per heavy atom. The van der Waals surface area contributed by atoms with Gasteiger partial charge in [-0.2, -0.15) is 0 Å². The first-order chi connectivity index (χ1) is 15.9. The summed E-state index contributed by atoms with van der Waals surface area (Å²) in [5.74, 6) is 0.727. The smallest absolute Gasteiger partial charge is 0.208 e. The summed E-state index contributed by atoms with van der Waals surface area (Å²) in [6.07, 6.45) is 0. The van der Waals surface area contributed by atoms with Crippen molar-refractivity contribution in [3.05, 3.63) is 66.2 Å². The largest absolute Gasteiger partial charge is 0.491 e. The Kier molecular flexibility index (Phi) is 8.79. The maximum atomic E-state index is 11.2. The van der Waals surface area contributed by atoms with E-state index in [1.54, 1.807) is 19.1 Å². The van der Waals surface area contributed by atoms with Crippen LogP contribution in [-0.4, -0.2) is 45.0 Å². The number of hydrogen-bond donors (Lipinski definition) is 3. The zero-order chi connectivity index (χ0) is 23.9. The Hall–Kier alpha value is -2.09. The summed E-state index contributed by atoms with van der Waals surface area (Å²) in [5, 5.41) is 17.1. The number of benzene rings is 3. The van der Waals surface area contributed by atoms with Gasteiger partial charge < -0.3 is 10.1 Å². The fourth-order valence-corrected chi connectivity index (χ4v) is 5.18. The molecule has 1 aliphatic rings. The molecular formula is C27H38N3O2S+. The highest BCUT2D eigenvalue weighted by Crippen LogP contribution is 2.36. The van der Waals surface area contributed by atoms with E-state index in [-0.39, 0.29) is 10.1 Å². The molecule has 0 unspecified atom stereocenters. The molecule has 1 heterocycles. The fraction of sp³-hybridized carbons (Fsp3) is 0.407. The lowest BCUT2D eigenvalue weighted by Crippen LogP contribution is -2.57. The van der Waals surface area contributed by atoms with Crippen molar-refractivity contribution in [1.82, 2.24) is 14.7 Å². The van der Waals surface area contributed by atoms with Gasteiger partial charge >= 0.3 is 0 Å². The van der Waals surface area contributed by atoms with Crippen molar-refractivity contribution in [3.63, 3.8) is 0 Å². The molecule has 0 amide bonds. The van der Waals surface area contributed by atoms with Gasteiger partial charge in [-0.25, -0.2) is 5.21 Å². The first kappa shape index (κ1) is 25.5. The summed E-state index contributed by atoms with van der Waals surface area (Å²) in [6, 6.07) is 21.1. The second kappa shape index (κ2) is 11.4. The Morgan fingerprint density at radius 3 is 2.45 bits per heavy atom. The third kappa shape index (κ3) is 5.89. The minimum absolute atomic E-state index is 0.0353. The van der Waals surface area contributed by atoms with Gasteiger partial charge in [-0.05, 0) is 40.4 Å². The van der Waals surface area contributed by atoms with Gasteiger partial charge in [0.2, 0.25) is 5.69 Å². The number of nitrogens with one attached hydrogen (secondary N) is 2. The predicted molar refractivity (Wildman–Crippen MR) is 141 cm³/mol. The van der Waals surface area contributed by atoms with Crippen molar-refractivity contribution in [2.45, 2.75) is 38.0 Å². The number of rotatable bonds is 7. The van der Waals surface area contributed by atoms with Crippen LogP contribution in [0.15, 0.2) is 65.6 Å². The number of nitrogens with zero attached hydrogens (tertiary/aromatic N) is 1. The highest BCUT2D eigenvalue weighted by Gasteiger charge is 2.34. The minimum Gasteiger partial charge on any atom is -0.491 e. The lowest BCUT2D eigenvalue weighted by Gasteiger charge is -2.34. The molecule has 0 atom stereocenters. The first-order valence-corrected chi connectivity index (χ1v) is 12.6. The van der Waals surface area contributed by atoms with E-state index in [2.05, 4.69) is 66.4 Å². The topological polar surface area (TPSA) is 53.5 Å². The molecular weight excluding hydrogens is 430 g/mol. The molecule has 33 heavy (non-hydrogen) atoms. The van der Waals surface area contributed by atoms with Gasteiger partial charge in [0.15, 0.2) is 5.75 Å². The first-order valence-electron chi connectivity index (χ1n) is 11.8. The van der Waals surface area contributed by atoms with Crippen LogP contribution in [0.5, 0.6) is 5.75 Å². The zero-order valence-electron chi connectivity index (χ0n) is 20.5. The summed E-state index contributed by atoms with van der Waals surface area (Å²) in [4.78, 5) is 1.06. The van der Waals surface area contributed by atoms with Crippen molar-refractivity contribution < 1.29 is 9.94 Å². The van der Waals surface area contributed by atoms with Crippen LogP contribution in [-0.2, 0) is 5.41 Å². The summed E-state index contributed by atoms with van der Waals surface area (Å²) < 4.78 is 9.02. The maximum Gasteiger partial charge on any atom is 0.208 e. The highest BCUT2D eigenvalue weighted by molar-refractivity contribution is 7.97. The van der Waals surface area contributed by atoms with Crippen LogP contribution in [0, 0.1) is 0 Å². The molecule has 0 aromatic heterocycles. The molecule has 5 nitrogen and oxygen atoms in total. The molecule has 3 aromatic rings. The molecule has 3 N–H and O–H groups in total. The number of hydroxylamine groups is 2. The average Bonchev–Trinajstić information content (AvgIpc) is 2.85. The van der Waals surface area contributed by atoms with E-state index < -0.39 is 0 Å². The number of ether oxygens (including phenoxy) is 1. The SMILES string of the molecule is CC.COc1ccc(SNCC(C)(C)c2cccc3ccccc23)cc1[N+]1(O)CCNCC1. The number of methoxy groups -OCH3 is 1. The summed E-state index contributed by atoms with van der Waals surface area (Å²) in [6.45, 7) is 12.2. The number of piperazine rings is 1. The van der Waals surface area contributed by atoms with Gasteiger partial charge in [0.25, 0.3) is 0 Å². The van der Waals surface area contributed by atoms with Crippen LogP contribution >= 0.6 is 11.9 Å². The van der Waals surface area contributed by atoms with Crippen LogP contribution in [0.1, 0.15) is 33.3 Å². The molecule has 1 aliphatic heterocycles. The van der Waals surface area contributed by atoms with Crippen LogP contribution in [0.2, 0.25) is 0 Å². The third-order valence-electron chi connectivity index (χ3n) is 6.14. The molecule has 3 aromatic carbocycles. The Labute approximate surface area is 202 Å². The lowest BCUT2D eigenvalue weighted by molar-refractivity contribution is -0.0884. The van der Waals surface area contributed by atoms with Crippen LogP contribution in [0.3, 0.4) is 0 Å². The molecule has 178 valence electrons. The van der Waals surface area contributed by atoms with Crippen molar-refractivity contribution in [2.75, 3.05) is 39.8 Å². The van der Waals surface area contributed by atoms with Crippen LogP contribution < -0.4 is 19.4 Å². The molecule has 0 bridgehead atoms. The summed E-state index contributed by atoms with van der Waals surface area (Å²) in [7, 11) is 1.66.